The van der Waals surface area contributed by atoms with Crippen LogP contribution in [0.4, 0.5) is 10.2 Å². The van der Waals surface area contributed by atoms with E-state index >= 15 is 0 Å². The molecule has 1 aromatic carbocycles. The molecule has 1 aliphatic rings. The van der Waals surface area contributed by atoms with E-state index in [4.69, 9.17) is 4.74 Å². The van der Waals surface area contributed by atoms with Crippen LogP contribution in [0.1, 0.15) is 18.1 Å². The molecule has 2 N–H and O–H groups in total. The molecular formula is C18H18FN5O. The van der Waals surface area contributed by atoms with Crippen molar-refractivity contribution in [1.29, 1.82) is 0 Å². The lowest BCUT2D eigenvalue weighted by atomic mass is 10.2. The average Bonchev–Trinajstić information content (AvgIpc) is 3.01. The van der Waals surface area contributed by atoms with Gasteiger partial charge in [-0.1, -0.05) is 6.58 Å². The predicted octanol–water partition coefficient (Wildman–Crippen LogP) is 2.82. The zero-order valence-electron chi connectivity index (χ0n) is 13.8. The van der Waals surface area contributed by atoms with E-state index in [9.17, 15) is 4.39 Å². The molecule has 2 aromatic heterocycles. The van der Waals surface area contributed by atoms with Gasteiger partial charge >= 0.3 is 0 Å². The van der Waals surface area contributed by atoms with Gasteiger partial charge in [-0.05, 0) is 31.2 Å². The molecule has 128 valence electrons. The number of nitrogens with one attached hydrogen (secondary N) is 2. The van der Waals surface area contributed by atoms with Crippen LogP contribution in [-0.2, 0) is 6.54 Å². The molecule has 0 saturated heterocycles. The number of hydrogen-bond acceptors (Lipinski definition) is 5. The summed E-state index contributed by atoms with van der Waals surface area (Å²) in [4.78, 5) is 4.61. The highest BCUT2D eigenvalue weighted by molar-refractivity contribution is 5.73. The van der Waals surface area contributed by atoms with Crippen LogP contribution in [0.5, 0.6) is 5.75 Å². The van der Waals surface area contributed by atoms with Crippen molar-refractivity contribution in [2.75, 3.05) is 11.9 Å². The Balaban J connectivity index is 1.77. The van der Waals surface area contributed by atoms with Crippen LogP contribution in [0.15, 0.2) is 43.2 Å². The zero-order valence-corrected chi connectivity index (χ0v) is 13.8. The quantitative estimate of drug-likeness (QED) is 0.659. The van der Waals surface area contributed by atoms with Crippen LogP contribution >= 0.6 is 0 Å². The fraction of sp³-hybridized carbons (Fsp3) is 0.222. The molecular weight excluding hydrogens is 321 g/mol. The highest BCUT2D eigenvalue weighted by Gasteiger charge is 2.15. The van der Waals surface area contributed by atoms with Gasteiger partial charge in [-0.3, -0.25) is 0 Å². The zero-order chi connectivity index (χ0) is 17.4. The molecule has 6 nitrogen and oxygen atoms in total. The highest BCUT2D eigenvalue weighted by Crippen LogP contribution is 2.23. The lowest BCUT2D eigenvalue weighted by Crippen LogP contribution is -2.30. The van der Waals surface area contributed by atoms with Crippen molar-refractivity contribution in [1.82, 2.24) is 19.9 Å². The normalized spacial score (nSPS) is 17.5. The average molecular weight is 339 g/mol. The maximum absolute atomic E-state index is 13.6. The molecule has 0 saturated carbocycles. The number of ether oxygens (including phenoxy) is 1. The summed E-state index contributed by atoms with van der Waals surface area (Å²) in [5.41, 5.74) is 3.00. The Hall–Kier alpha value is -3.09. The van der Waals surface area contributed by atoms with Gasteiger partial charge in [-0.25, -0.2) is 13.9 Å². The van der Waals surface area contributed by atoms with E-state index in [1.165, 1.54) is 12.1 Å². The van der Waals surface area contributed by atoms with Gasteiger partial charge in [-0.2, -0.15) is 5.10 Å². The Labute approximate surface area is 144 Å². The standard InChI is InChI=1S/C18H18FN5O/c1-11-10-25-16-4-3-14(19)7-13(16)8-20-17-5-6-24-18(23-17)15(9-21-24)12(2)22-11/h3-7,9,11,22H,2,8,10H2,1H3,(H,20,23). The maximum atomic E-state index is 13.6. The molecule has 1 atom stereocenters. The summed E-state index contributed by atoms with van der Waals surface area (Å²) in [7, 11) is 0. The number of rotatable bonds is 0. The molecule has 25 heavy (non-hydrogen) atoms. The summed E-state index contributed by atoms with van der Waals surface area (Å²) >= 11 is 0. The number of halogens is 1. The minimum absolute atomic E-state index is 0.0113. The summed E-state index contributed by atoms with van der Waals surface area (Å²) in [6.07, 6.45) is 3.56. The fourth-order valence-corrected chi connectivity index (χ4v) is 2.82. The Kier molecular flexibility index (Phi) is 3.76. The molecule has 2 bridgehead atoms. The molecule has 0 radical (unpaired) electrons. The second-order valence-electron chi connectivity index (χ2n) is 6.08. The Morgan fingerprint density at radius 1 is 1.36 bits per heavy atom. The van der Waals surface area contributed by atoms with Gasteiger partial charge in [0, 0.05) is 24.0 Å². The van der Waals surface area contributed by atoms with Gasteiger partial charge in [0.05, 0.1) is 17.8 Å². The highest BCUT2D eigenvalue weighted by atomic mass is 19.1. The lowest BCUT2D eigenvalue weighted by molar-refractivity contribution is 0.282. The SMILES string of the molecule is C=C1NC(C)COc2ccc(F)cc2CNc2ccn3ncc1c3n2. The second kappa shape index (κ2) is 6.08. The van der Waals surface area contributed by atoms with Crippen LogP contribution in [0.3, 0.4) is 0 Å². The summed E-state index contributed by atoms with van der Waals surface area (Å²) in [5, 5.41) is 10.8. The molecule has 1 unspecified atom stereocenters. The van der Waals surface area contributed by atoms with Crippen LogP contribution in [0.25, 0.3) is 11.3 Å². The van der Waals surface area contributed by atoms with Gasteiger partial charge in [-0.15, -0.1) is 0 Å². The van der Waals surface area contributed by atoms with Gasteiger partial charge in [0.2, 0.25) is 0 Å². The lowest BCUT2D eigenvalue weighted by Gasteiger charge is -2.18. The predicted molar refractivity (Wildman–Crippen MR) is 93.8 cm³/mol. The van der Waals surface area contributed by atoms with Crippen LogP contribution < -0.4 is 15.4 Å². The van der Waals surface area contributed by atoms with Gasteiger partial charge in [0.1, 0.15) is 24.0 Å². The van der Waals surface area contributed by atoms with Crippen molar-refractivity contribution in [3.05, 3.63) is 60.2 Å². The molecule has 0 amide bonds. The van der Waals surface area contributed by atoms with Gasteiger partial charge in [0.25, 0.3) is 0 Å². The van der Waals surface area contributed by atoms with Crippen LogP contribution in [0, 0.1) is 5.82 Å². The Morgan fingerprint density at radius 2 is 2.24 bits per heavy atom. The molecule has 7 heteroatoms. The number of hydrogen-bond donors (Lipinski definition) is 2. The van der Waals surface area contributed by atoms with Gasteiger partial charge in [0.15, 0.2) is 5.65 Å². The molecule has 1 aliphatic heterocycles. The van der Waals surface area contributed by atoms with E-state index in [1.54, 1.807) is 16.8 Å². The van der Waals surface area contributed by atoms with E-state index in [0.717, 1.165) is 16.8 Å². The van der Waals surface area contributed by atoms with Crippen LogP contribution in [-0.4, -0.2) is 27.2 Å². The number of aromatic nitrogens is 3. The van der Waals surface area contributed by atoms with E-state index < -0.39 is 0 Å². The summed E-state index contributed by atoms with van der Waals surface area (Å²) < 4.78 is 21.2. The number of nitrogens with zero attached hydrogens (tertiary/aromatic N) is 3. The largest absolute Gasteiger partial charge is 0.491 e. The van der Waals surface area contributed by atoms with Crippen molar-refractivity contribution in [3.8, 4) is 5.75 Å². The number of anilines is 1. The third kappa shape index (κ3) is 3.00. The molecule has 0 aliphatic carbocycles. The number of benzene rings is 1. The number of fused-ring (bicyclic) bond motifs is 2. The summed E-state index contributed by atoms with van der Waals surface area (Å²) in [6, 6.07) is 6.36. The molecule has 3 heterocycles. The smallest absolute Gasteiger partial charge is 0.166 e. The summed E-state index contributed by atoms with van der Waals surface area (Å²) in [5.74, 6) is 1.02. The minimum atomic E-state index is -0.297. The first-order valence-corrected chi connectivity index (χ1v) is 8.05. The molecule has 4 rings (SSSR count). The maximum Gasteiger partial charge on any atom is 0.166 e. The first-order valence-electron chi connectivity index (χ1n) is 8.05. The van der Waals surface area contributed by atoms with Crippen molar-refractivity contribution >= 4 is 17.2 Å². The Bertz CT molecular complexity index is 952. The van der Waals surface area contributed by atoms with Crippen molar-refractivity contribution < 1.29 is 9.13 Å². The minimum Gasteiger partial charge on any atom is -0.491 e. The summed E-state index contributed by atoms with van der Waals surface area (Å²) in [6.45, 7) is 6.92. The van der Waals surface area contributed by atoms with E-state index in [-0.39, 0.29) is 11.9 Å². The van der Waals surface area contributed by atoms with Crippen molar-refractivity contribution in [2.45, 2.75) is 19.5 Å². The van der Waals surface area contributed by atoms with E-state index in [0.29, 0.717) is 30.4 Å². The van der Waals surface area contributed by atoms with Gasteiger partial charge < -0.3 is 15.4 Å². The van der Waals surface area contributed by atoms with E-state index in [2.05, 4.69) is 27.3 Å². The third-order valence-corrected chi connectivity index (χ3v) is 4.09. The first-order chi connectivity index (χ1) is 12.1. The topological polar surface area (TPSA) is 63.5 Å². The van der Waals surface area contributed by atoms with Crippen LogP contribution in [0.2, 0.25) is 0 Å². The van der Waals surface area contributed by atoms with Crippen molar-refractivity contribution in [3.63, 3.8) is 0 Å². The monoisotopic (exact) mass is 339 g/mol. The molecule has 0 fully saturated rings. The fourth-order valence-electron chi connectivity index (χ4n) is 2.82. The van der Waals surface area contributed by atoms with E-state index in [1.807, 2.05) is 19.2 Å². The first kappa shape index (κ1) is 15.4. The van der Waals surface area contributed by atoms with Crippen molar-refractivity contribution in [2.24, 2.45) is 0 Å². The molecule has 0 spiro atoms. The third-order valence-electron chi connectivity index (χ3n) is 4.09. The Morgan fingerprint density at radius 3 is 3.12 bits per heavy atom. The second-order valence-corrected chi connectivity index (χ2v) is 6.08. The molecule has 3 aromatic rings.